The number of ether oxygens (including phenoxy) is 4. The maximum absolute atomic E-state index is 13.5. The summed E-state index contributed by atoms with van der Waals surface area (Å²) in [7, 11) is -2.73. The number of rotatable bonds is 17. The molecule has 0 spiro atoms. The van der Waals surface area contributed by atoms with Crippen LogP contribution in [0.15, 0.2) is 31.1 Å². The Morgan fingerprint density at radius 3 is 2.04 bits per heavy atom. The Hall–Kier alpha value is -2.16. The van der Waals surface area contributed by atoms with Crippen LogP contribution in [0.1, 0.15) is 81.0 Å². The van der Waals surface area contributed by atoms with Crippen LogP contribution in [0, 0.1) is 0 Å². The van der Waals surface area contributed by atoms with Gasteiger partial charge in [-0.3, -0.25) is 0 Å². The van der Waals surface area contributed by atoms with Gasteiger partial charge in [-0.25, -0.2) is 19.6 Å². The van der Waals surface area contributed by atoms with Gasteiger partial charge < -0.3 is 33.9 Å². The summed E-state index contributed by atoms with van der Waals surface area (Å²) < 4.78 is 26.8. The van der Waals surface area contributed by atoms with E-state index in [9.17, 15) is 14.7 Å². The number of anilines is 1. The molecule has 2 bridgehead atoms. The van der Waals surface area contributed by atoms with Crippen molar-refractivity contribution < 1.29 is 33.6 Å². The molecule has 1 amide bonds. The molecule has 0 saturated carbocycles. The molecule has 13 nitrogen and oxygen atoms in total. The second kappa shape index (κ2) is 19.3. The Balaban J connectivity index is 0.00000696. The number of piperidine rings is 1. The second-order valence-corrected chi connectivity index (χ2v) is 29.5. The number of nitrogens with zero attached hydrogens (tertiary/aromatic N) is 6. The molecule has 5 heterocycles. The SMILES string of the molecule is C=C(OCC)c1c(C2C[C@H]3CC[C@@H](C2)N3C(=O)OC(C)(C)C)nc2c(-c3ccc(C(=O)O)nc3)cnn2c1N(COCC[Si](C)(C)C)COCC[Si](C)(C)C.[KH]. The number of carboxylic acids is 1. The Bertz CT molecular complexity index is 1800. The number of fused-ring (bicyclic) bond motifs is 3. The van der Waals surface area contributed by atoms with Crippen LogP contribution in [-0.4, -0.2) is 160 Å². The average Bonchev–Trinajstić information content (AvgIpc) is 3.62. The van der Waals surface area contributed by atoms with Gasteiger partial charge in [-0.1, -0.05) is 51.9 Å². The Labute approximate surface area is 377 Å². The molecule has 16 heteroatoms. The van der Waals surface area contributed by atoms with Gasteiger partial charge in [-0.2, -0.15) is 9.61 Å². The molecular formula is C40H63KN6O7Si2. The topological polar surface area (TPSA) is 141 Å². The van der Waals surface area contributed by atoms with E-state index < -0.39 is 27.7 Å². The standard InChI is InChI=1S/C40H62N6O7Si2.K.H/c1-12-52-27(2)34-35(29-21-30-14-15-31(22-29)45(30)39(49)53-40(3,4)5)43-36-32(28-13-16-33(38(47)48)41-23-28)24-42-46(36)37(34)44(25-50-17-19-54(6,7)8)26-51-18-20-55(9,10)11;;/h13,16,23-24,29-31H,2,12,14-15,17-22,25-26H2,1,3-11H3,(H,47,48);;/t29?,30-,31+;;. The van der Waals surface area contributed by atoms with Gasteiger partial charge in [-0.15, -0.1) is 0 Å². The number of aromatic carboxylic acids is 1. The third kappa shape index (κ3) is 12.0. The molecule has 304 valence electrons. The van der Waals surface area contributed by atoms with Gasteiger partial charge in [0.1, 0.15) is 36.3 Å². The van der Waals surface area contributed by atoms with Crippen LogP contribution in [0.3, 0.4) is 0 Å². The molecule has 1 N–H and O–H groups in total. The van der Waals surface area contributed by atoms with Crippen LogP contribution >= 0.6 is 0 Å². The van der Waals surface area contributed by atoms with Crippen LogP contribution in [0.4, 0.5) is 10.6 Å². The summed E-state index contributed by atoms with van der Waals surface area (Å²) >= 11 is 0. The monoisotopic (exact) mass is 834 g/mol. The van der Waals surface area contributed by atoms with E-state index in [0.717, 1.165) is 36.2 Å². The predicted molar refractivity (Wildman–Crippen MR) is 228 cm³/mol. The second-order valence-electron chi connectivity index (χ2n) is 18.3. The van der Waals surface area contributed by atoms with E-state index >= 15 is 0 Å². The van der Waals surface area contributed by atoms with Crippen molar-refractivity contribution in [2.24, 2.45) is 0 Å². The minimum absolute atomic E-state index is 0. The average molecular weight is 835 g/mol. The van der Waals surface area contributed by atoms with Gasteiger partial charge >= 0.3 is 63.4 Å². The van der Waals surface area contributed by atoms with Crippen LogP contribution in [0.5, 0.6) is 0 Å². The maximum atomic E-state index is 13.5. The minimum atomic E-state index is -1.37. The summed E-state index contributed by atoms with van der Waals surface area (Å²) in [6.07, 6.45) is 6.19. The number of carbonyl (C=O) groups excluding carboxylic acids is 1. The fraction of sp³-hybridized carbons (Fsp3) is 0.625. The van der Waals surface area contributed by atoms with Crippen LogP contribution in [-0.2, 0) is 18.9 Å². The summed E-state index contributed by atoms with van der Waals surface area (Å²) in [5, 5.41) is 14.5. The number of amides is 1. The molecule has 3 aromatic heterocycles. The van der Waals surface area contributed by atoms with Crippen LogP contribution in [0.2, 0.25) is 51.4 Å². The van der Waals surface area contributed by atoms with E-state index in [4.69, 9.17) is 29.0 Å². The fourth-order valence-corrected chi connectivity index (χ4v) is 8.77. The molecule has 0 radical (unpaired) electrons. The van der Waals surface area contributed by atoms with Gasteiger partial charge in [0.15, 0.2) is 5.65 Å². The molecule has 2 aliphatic rings. The van der Waals surface area contributed by atoms with Crippen molar-refractivity contribution in [2.45, 2.75) is 128 Å². The van der Waals surface area contributed by atoms with E-state index in [2.05, 4.69) is 55.7 Å². The van der Waals surface area contributed by atoms with Crippen molar-refractivity contribution in [3.63, 3.8) is 0 Å². The molecule has 2 aliphatic heterocycles. The molecule has 56 heavy (non-hydrogen) atoms. The van der Waals surface area contributed by atoms with Crippen molar-refractivity contribution in [2.75, 3.05) is 38.2 Å². The third-order valence-corrected chi connectivity index (χ3v) is 13.5. The molecule has 0 aliphatic carbocycles. The van der Waals surface area contributed by atoms with Crippen molar-refractivity contribution in [3.05, 3.63) is 48.1 Å². The number of hydrogen-bond acceptors (Lipinski definition) is 10. The molecule has 2 saturated heterocycles. The molecule has 3 atom stereocenters. The summed E-state index contributed by atoms with van der Waals surface area (Å²) in [6, 6.07) is 5.24. The van der Waals surface area contributed by atoms with E-state index in [0.29, 0.717) is 61.0 Å². The molecule has 2 fully saturated rings. The van der Waals surface area contributed by atoms with Gasteiger partial charge in [0.25, 0.3) is 0 Å². The Kier molecular flexibility index (Phi) is 16.0. The Morgan fingerprint density at radius 1 is 0.964 bits per heavy atom. The van der Waals surface area contributed by atoms with Crippen molar-refractivity contribution in [1.29, 1.82) is 0 Å². The summed E-state index contributed by atoms with van der Waals surface area (Å²) in [5.41, 5.74) is 2.88. The third-order valence-electron chi connectivity index (χ3n) is 10.1. The van der Waals surface area contributed by atoms with E-state index in [1.807, 2.05) is 32.6 Å². The number of aromatic nitrogens is 4. The summed E-state index contributed by atoms with van der Waals surface area (Å²) in [5.74, 6) is 0.0367. The summed E-state index contributed by atoms with van der Waals surface area (Å²) in [6.45, 7) is 28.2. The van der Waals surface area contributed by atoms with Crippen LogP contribution < -0.4 is 4.90 Å². The number of pyridine rings is 1. The van der Waals surface area contributed by atoms with E-state index in [-0.39, 0.29) is 94.6 Å². The van der Waals surface area contributed by atoms with Crippen LogP contribution in [0.25, 0.3) is 22.5 Å². The van der Waals surface area contributed by atoms with Gasteiger partial charge in [0.05, 0.1) is 24.1 Å². The first kappa shape index (κ1) is 46.5. The summed E-state index contributed by atoms with van der Waals surface area (Å²) in [4.78, 5) is 38.8. The fourth-order valence-electron chi connectivity index (χ4n) is 7.26. The molecular weight excluding hydrogens is 772 g/mol. The first-order chi connectivity index (χ1) is 25.8. The first-order valence-electron chi connectivity index (χ1n) is 19.6. The van der Waals surface area contributed by atoms with Gasteiger partial charge in [0, 0.05) is 64.7 Å². The quantitative estimate of drug-likeness (QED) is 0.0614. The zero-order valence-corrected chi connectivity index (χ0v) is 36.6. The molecule has 1 unspecified atom stereocenters. The number of hydrogen-bond donors (Lipinski definition) is 1. The van der Waals surface area contributed by atoms with E-state index in [1.54, 1.807) is 23.0 Å². The molecule has 5 rings (SSSR count). The normalized spacial score (nSPS) is 18.5. The molecule has 3 aromatic rings. The van der Waals surface area contributed by atoms with Crippen molar-refractivity contribution >= 4 is 96.8 Å². The van der Waals surface area contributed by atoms with Gasteiger partial charge in [0.2, 0.25) is 0 Å². The zero-order chi connectivity index (χ0) is 40.3. The van der Waals surface area contributed by atoms with Gasteiger partial charge in [-0.05, 0) is 71.5 Å². The molecule has 0 aromatic carbocycles. The predicted octanol–water partition coefficient (Wildman–Crippen LogP) is 7.92. The number of carbonyl (C=O) groups is 2. The van der Waals surface area contributed by atoms with E-state index in [1.165, 1.54) is 6.07 Å². The zero-order valence-electron chi connectivity index (χ0n) is 34.6. The number of carboxylic acid groups (broad SMARTS) is 1. The first-order valence-corrected chi connectivity index (χ1v) is 27.0. The van der Waals surface area contributed by atoms with Crippen molar-refractivity contribution in [3.8, 4) is 11.1 Å². The Morgan fingerprint density at radius 2 is 1.55 bits per heavy atom. The van der Waals surface area contributed by atoms with Crippen molar-refractivity contribution in [1.82, 2.24) is 24.5 Å².